The van der Waals surface area contributed by atoms with Crippen LogP contribution in [0.2, 0.25) is 0 Å². The Morgan fingerprint density at radius 3 is 2.40 bits per heavy atom. The van der Waals surface area contributed by atoms with Gasteiger partial charge in [-0.05, 0) is 25.0 Å². The lowest BCUT2D eigenvalue weighted by molar-refractivity contribution is 0.0698. The largest absolute Gasteiger partial charge is 0.478 e. The number of carboxylic acid groups (broad SMARTS) is 1. The molecular weight excluding hydrogens is 259 g/mol. The lowest BCUT2D eigenvalue weighted by atomic mass is 10.0. The molecule has 0 saturated heterocycles. The highest BCUT2D eigenvalue weighted by molar-refractivity contribution is 5.95. The molecule has 0 amide bonds. The second kappa shape index (κ2) is 7.12. The summed E-state index contributed by atoms with van der Waals surface area (Å²) in [5.41, 5.74) is 5.76. The quantitative estimate of drug-likeness (QED) is 0.752. The summed E-state index contributed by atoms with van der Waals surface area (Å²) >= 11 is 0. The molecule has 5 heteroatoms. The van der Waals surface area contributed by atoms with Crippen LogP contribution in [-0.4, -0.2) is 24.2 Å². The molecule has 20 heavy (non-hydrogen) atoms. The Kier molecular flexibility index (Phi) is 5.80. The van der Waals surface area contributed by atoms with Crippen molar-refractivity contribution in [2.45, 2.75) is 33.6 Å². The molecular formula is C15H23FN2O2. The Balaban J connectivity index is 3.14. The van der Waals surface area contributed by atoms with Crippen molar-refractivity contribution in [2.24, 2.45) is 5.92 Å². The van der Waals surface area contributed by atoms with Gasteiger partial charge in [-0.15, -0.1) is 0 Å². The summed E-state index contributed by atoms with van der Waals surface area (Å²) in [6.45, 7) is 7.46. The normalized spacial score (nSPS) is 10.8. The minimum Gasteiger partial charge on any atom is -0.478 e. The number of halogens is 1. The van der Waals surface area contributed by atoms with Gasteiger partial charge in [-0.2, -0.15) is 0 Å². The smallest absolute Gasteiger partial charge is 0.337 e. The Bertz CT molecular complexity index is 473. The predicted octanol–water partition coefficient (Wildman–Crippen LogP) is 3.37. The maximum Gasteiger partial charge on any atom is 0.337 e. The third-order valence-corrected chi connectivity index (χ3v) is 3.71. The highest BCUT2D eigenvalue weighted by Crippen LogP contribution is 2.27. The van der Waals surface area contributed by atoms with Crippen molar-refractivity contribution in [3.63, 3.8) is 0 Å². The Morgan fingerprint density at radius 2 is 1.95 bits per heavy atom. The first-order valence-electron chi connectivity index (χ1n) is 7.01. The fourth-order valence-electron chi connectivity index (χ4n) is 2.26. The number of nitrogen functional groups attached to an aromatic ring is 1. The number of nitrogens with two attached hydrogens (primary N) is 1. The molecule has 0 aliphatic carbocycles. The number of aromatic carboxylic acids is 1. The fraction of sp³-hybridized carbons (Fsp3) is 0.533. The number of benzene rings is 1. The molecule has 0 saturated carbocycles. The van der Waals surface area contributed by atoms with Crippen molar-refractivity contribution in [3.8, 4) is 0 Å². The molecule has 0 fully saturated rings. The molecule has 0 bridgehead atoms. The third kappa shape index (κ3) is 3.62. The summed E-state index contributed by atoms with van der Waals surface area (Å²) < 4.78 is 14.1. The lowest BCUT2D eigenvalue weighted by Crippen LogP contribution is -2.30. The summed E-state index contributed by atoms with van der Waals surface area (Å²) in [7, 11) is 0. The second-order valence-corrected chi connectivity index (χ2v) is 4.92. The van der Waals surface area contributed by atoms with Gasteiger partial charge in [0.15, 0.2) is 0 Å². The Morgan fingerprint density at radius 1 is 1.35 bits per heavy atom. The molecule has 0 atom stereocenters. The van der Waals surface area contributed by atoms with Gasteiger partial charge in [0, 0.05) is 18.8 Å². The van der Waals surface area contributed by atoms with Gasteiger partial charge >= 0.3 is 5.97 Å². The van der Waals surface area contributed by atoms with Crippen LogP contribution in [0.3, 0.4) is 0 Å². The third-order valence-electron chi connectivity index (χ3n) is 3.71. The minimum absolute atomic E-state index is 0.0441. The van der Waals surface area contributed by atoms with E-state index in [1.807, 2.05) is 11.8 Å². The highest BCUT2D eigenvalue weighted by atomic mass is 19.1. The van der Waals surface area contributed by atoms with E-state index < -0.39 is 11.8 Å². The lowest BCUT2D eigenvalue weighted by Gasteiger charge is -2.28. The molecule has 0 aromatic heterocycles. The van der Waals surface area contributed by atoms with E-state index in [0.29, 0.717) is 24.7 Å². The molecule has 1 rings (SSSR count). The predicted molar refractivity (Wildman–Crippen MR) is 79.7 cm³/mol. The van der Waals surface area contributed by atoms with E-state index >= 15 is 0 Å². The van der Waals surface area contributed by atoms with Crippen molar-refractivity contribution < 1.29 is 14.3 Å². The topological polar surface area (TPSA) is 66.6 Å². The van der Waals surface area contributed by atoms with Crippen LogP contribution >= 0.6 is 0 Å². The maximum atomic E-state index is 14.1. The van der Waals surface area contributed by atoms with Crippen LogP contribution in [0.25, 0.3) is 0 Å². The van der Waals surface area contributed by atoms with Crippen LogP contribution in [0.15, 0.2) is 12.1 Å². The van der Waals surface area contributed by atoms with Gasteiger partial charge < -0.3 is 15.7 Å². The van der Waals surface area contributed by atoms with Gasteiger partial charge in [0.25, 0.3) is 0 Å². The first-order valence-corrected chi connectivity index (χ1v) is 7.01. The Labute approximate surface area is 119 Å². The minimum atomic E-state index is -1.14. The van der Waals surface area contributed by atoms with E-state index in [-0.39, 0.29) is 11.3 Å². The molecule has 0 aliphatic rings. The van der Waals surface area contributed by atoms with Gasteiger partial charge in [0.2, 0.25) is 0 Å². The van der Waals surface area contributed by atoms with Crippen LogP contribution in [0, 0.1) is 11.7 Å². The van der Waals surface area contributed by atoms with Crippen LogP contribution in [0.4, 0.5) is 15.8 Å². The fourth-order valence-corrected chi connectivity index (χ4v) is 2.26. The van der Waals surface area contributed by atoms with Crippen molar-refractivity contribution in [1.29, 1.82) is 0 Å². The second-order valence-electron chi connectivity index (χ2n) is 4.92. The molecule has 1 aromatic rings. The molecule has 0 radical (unpaired) electrons. The summed E-state index contributed by atoms with van der Waals surface area (Å²) in [4.78, 5) is 13.0. The van der Waals surface area contributed by atoms with Gasteiger partial charge in [-0.1, -0.05) is 26.7 Å². The zero-order chi connectivity index (χ0) is 15.3. The summed E-state index contributed by atoms with van der Waals surface area (Å²) in [5, 5.41) is 9.09. The number of carboxylic acids is 1. The van der Waals surface area contributed by atoms with Crippen LogP contribution < -0.4 is 10.6 Å². The number of hydrogen-bond acceptors (Lipinski definition) is 3. The Hall–Kier alpha value is -1.78. The van der Waals surface area contributed by atoms with Crippen molar-refractivity contribution >= 4 is 17.3 Å². The molecule has 0 unspecified atom stereocenters. The van der Waals surface area contributed by atoms with Crippen LogP contribution in [0.5, 0.6) is 0 Å². The summed E-state index contributed by atoms with van der Waals surface area (Å²) in [6, 6.07) is 2.42. The van der Waals surface area contributed by atoms with Crippen molar-refractivity contribution in [3.05, 3.63) is 23.5 Å². The zero-order valence-electron chi connectivity index (χ0n) is 12.3. The monoisotopic (exact) mass is 282 g/mol. The van der Waals surface area contributed by atoms with E-state index in [1.54, 1.807) is 0 Å². The van der Waals surface area contributed by atoms with Gasteiger partial charge in [-0.25, -0.2) is 9.18 Å². The summed E-state index contributed by atoms with van der Waals surface area (Å²) in [5.74, 6) is -1.15. The zero-order valence-corrected chi connectivity index (χ0v) is 12.3. The van der Waals surface area contributed by atoms with E-state index in [4.69, 9.17) is 10.8 Å². The first-order chi connectivity index (χ1) is 9.44. The molecule has 0 aliphatic heterocycles. The van der Waals surface area contributed by atoms with E-state index in [1.165, 1.54) is 6.07 Å². The maximum absolute atomic E-state index is 14.1. The molecule has 112 valence electrons. The van der Waals surface area contributed by atoms with Crippen LogP contribution in [-0.2, 0) is 0 Å². The average Bonchev–Trinajstić information content (AvgIpc) is 2.41. The van der Waals surface area contributed by atoms with E-state index in [9.17, 15) is 9.18 Å². The highest BCUT2D eigenvalue weighted by Gasteiger charge is 2.18. The molecule has 4 nitrogen and oxygen atoms in total. The number of anilines is 2. The first kappa shape index (κ1) is 16.3. The summed E-state index contributed by atoms with van der Waals surface area (Å²) in [6.07, 6.45) is 2.02. The molecule has 0 spiro atoms. The number of hydrogen-bond donors (Lipinski definition) is 2. The van der Waals surface area contributed by atoms with Gasteiger partial charge in [0.1, 0.15) is 5.82 Å². The molecule has 0 heterocycles. The van der Waals surface area contributed by atoms with Crippen LogP contribution in [0.1, 0.15) is 44.0 Å². The van der Waals surface area contributed by atoms with E-state index in [0.717, 1.165) is 18.9 Å². The van der Waals surface area contributed by atoms with Gasteiger partial charge in [0.05, 0.1) is 11.3 Å². The standard InChI is InChI=1S/C15H23FN2O2/c1-4-10(5-2)9-18(6-3)14-7-11(15(19)20)13(17)8-12(14)16/h7-8,10H,4-6,9,17H2,1-3H3,(H,19,20). The van der Waals surface area contributed by atoms with Gasteiger partial charge in [-0.3, -0.25) is 0 Å². The number of rotatable bonds is 7. The van der Waals surface area contributed by atoms with Crippen molar-refractivity contribution in [1.82, 2.24) is 0 Å². The van der Waals surface area contributed by atoms with E-state index in [2.05, 4.69) is 13.8 Å². The van der Waals surface area contributed by atoms with Crippen molar-refractivity contribution in [2.75, 3.05) is 23.7 Å². The molecule has 1 aromatic carbocycles. The molecule has 3 N–H and O–H groups in total. The number of nitrogens with zero attached hydrogens (tertiary/aromatic N) is 1. The average molecular weight is 282 g/mol. The number of carbonyl (C=O) groups is 1. The SMILES string of the molecule is CCC(CC)CN(CC)c1cc(C(=O)O)c(N)cc1F.